The van der Waals surface area contributed by atoms with Crippen molar-refractivity contribution in [1.29, 1.82) is 0 Å². The van der Waals surface area contributed by atoms with E-state index in [4.69, 9.17) is 9.47 Å². The molecule has 1 N–H and O–H groups in total. The van der Waals surface area contributed by atoms with Crippen LogP contribution in [0.15, 0.2) is 42.5 Å². The fourth-order valence-corrected chi connectivity index (χ4v) is 2.82. The first kappa shape index (κ1) is 16.8. The number of carbonyl (C=O) groups excluding carboxylic acids is 2. The molecule has 0 saturated carbocycles. The second-order valence-corrected chi connectivity index (χ2v) is 5.78. The number of hydrogen-bond acceptors (Lipinski definition) is 4. The van der Waals surface area contributed by atoms with Crippen LogP contribution in [0.4, 0.5) is 11.4 Å². The molecule has 0 saturated heterocycles. The lowest BCUT2D eigenvalue weighted by Crippen LogP contribution is -2.25. The minimum absolute atomic E-state index is 0.0310. The Balaban J connectivity index is 1.57. The summed E-state index contributed by atoms with van der Waals surface area (Å²) in [5, 5.41) is 2.82. The second-order valence-electron chi connectivity index (χ2n) is 5.78. The normalized spacial score (nSPS) is 12.5. The highest BCUT2D eigenvalue weighted by atomic mass is 16.5. The van der Waals surface area contributed by atoms with Gasteiger partial charge in [-0.3, -0.25) is 9.59 Å². The van der Waals surface area contributed by atoms with E-state index < -0.39 is 0 Å². The van der Waals surface area contributed by atoms with Gasteiger partial charge in [0.25, 0.3) is 5.91 Å². The third-order valence-electron chi connectivity index (χ3n) is 4.07. The van der Waals surface area contributed by atoms with E-state index in [9.17, 15) is 9.59 Å². The largest absolute Gasteiger partial charge is 0.497 e. The molecule has 0 spiro atoms. The molecule has 1 heterocycles. The van der Waals surface area contributed by atoms with Crippen molar-refractivity contribution in [2.24, 2.45) is 0 Å². The Morgan fingerprint density at radius 2 is 1.84 bits per heavy atom. The quantitative estimate of drug-likeness (QED) is 0.908. The van der Waals surface area contributed by atoms with Gasteiger partial charge in [-0.25, -0.2) is 0 Å². The summed E-state index contributed by atoms with van der Waals surface area (Å²) in [6.07, 6.45) is 0.793. The molecule has 0 radical (unpaired) electrons. The van der Waals surface area contributed by atoms with E-state index in [2.05, 4.69) is 5.32 Å². The van der Waals surface area contributed by atoms with Gasteiger partial charge in [0.1, 0.15) is 11.5 Å². The van der Waals surface area contributed by atoms with Gasteiger partial charge in [0, 0.05) is 24.8 Å². The standard InChI is InChI=1S/C19H20N2O4/c1-13(22)21-10-9-14-11-15(3-8-18(14)21)20-19(23)12-25-17-6-4-16(24-2)5-7-17/h3-8,11H,9-10,12H2,1-2H3,(H,20,23). The molecule has 1 aliphatic rings. The molecule has 0 unspecified atom stereocenters. The second kappa shape index (κ2) is 7.25. The topological polar surface area (TPSA) is 67.9 Å². The number of amides is 2. The smallest absolute Gasteiger partial charge is 0.262 e. The van der Waals surface area contributed by atoms with Crippen LogP contribution in [0.2, 0.25) is 0 Å². The zero-order valence-corrected chi connectivity index (χ0v) is 14.2. The van der Waals surface area contributed by atoms with Crippen molar-refractivity contribution in [1.82, 2.24) is 0 Å². The van der Waals surface area contributed by atoms with E-state index in [1.807, 2.05) is 12.1 Å². The van der Waals surface area contributed by atoms with Crippen molar-refractivity contribution in [3.63, 3.8) is 0 Å². The van der Waals surface area contributed by atoms with Gasteiger partial charge in [-0.1, -0.05) is 0 Å². The minimum atomic E-state index is -0.239. The number of carbonyl (C=O) groups is 2. The molecule has 3 rings (SSSR count). The molecule has 6 heteroatoms. The average Bonchev–Trinajstić information content (AvgIpc) is 3.04. The van der Waals surface area contributed by atoms with E-state index in [0.717, 1.165) is 23.4 Å². The van der Waals surface area contributed by atoms with Crippen molar-refractivity contribution >= 4 is 23.2 Å². The maximum atomic E-state index is 12.1. The molecule has 2 amide bonds. The highest BCUT2D eigenvalue weighted by Gasteiger charge is 2.22. The van der Waals surface area contributed by atoms with Crippen LogP contribution in [-0.2, 0) is 16.0 Å². The van der Waals surface area contributed by atoms with Crippen LogP contribution in [0.5, 0.6) is 11.5 Å². The third-order valence-corrected chi connectivity index (χ3v) is 4.07. The summed E-state index contributed by atoms with van der Waals surface area (Å²) >= 11 is 0. The lowest BCUT2D eigenvalue weighted by atomic mass is 10.1. The summed E-state index contributed by atoms with van der Waals surface area (Å²) < 4.78 is 10.5. The van der Waals surface area contributed by atoms with Crippen molar-refractivity contribution in [3.05, 3.63) is 48.0 Å². The number of hydrogen-bond donors (Lipinski definition) is 1. The van der Waals surface area contributed by atoms with E-state index in [0.29, 0.717) is 18.0 Å². The van der Waals surface area contributed by atoms with Crippen LogP contribution >= 0.6 is 0 Å². The SMILES string of the molecule is COc1ccc(OCC(=O)Nc2ccc3c(c2)CCN3C(C)=O)cc1. The summed E-state index contributed by atoms with van der Waals surface area (Å²) in [7, 11) is 1.59. The molecule has 130 valence electrons. The molecule has 2 aromatic rings. The first-order chi connectivity index (χ1) is 12.1. The first-order valence-corrected chi connectivity index (χ1v) is 8.04. The van der Waals surface area contributed by atoms with Crippen molar-refractivity contribution in [3.8, 4) is 11.5 Å². The van der Waals surface area contributed by atoms with E-state index in [1.54, 1.807) is 49.3 Å². The summed E-state index contributed by atoms with van der Waals surface area (Å²) in [4.78, 5) is 25.4. The van der Waals surface area contributed by atoms with Crippen molar-refractivity contribution in [2.75, 3.05) is 30.5 Å². The minimum Gasteiger partial charge on any atom is -0.497 e. The van der Waals surface area contributed by atoms with Crippen molar-refractivity contribution in [2.45, 2.75) is 13.3 Å². The maximum Gasteiger partial charge on any atom is 0.262 e. The Morgan fingerprint density at radius 1 is 1.12 bits per heavy atom. The fourth-order valence-electron chi connectivity index (χ4n) is 2.82. The van der Waals surface area contributed by atoms with Crippen LogP contribution in [0, 0.1) is 0 Å². The van der Waals surface area contributed by atoms with Crippen LogP contribution in [0.3, 0.4) is 0 Å². The molecule has 25 heavy (non-hydrogen) atoms. The van der Waals surface area contributed by atoms with Gasteiger partial charge >= 0.3 is 0 Å². The summed E-state index contributed by atoms with van der Waals surface area (Å²) in [5.41, 5.74) is 2.68. The van der Waals surface area contributed by atoms with Gasteiger partial charge in [0.05, 0.1) is 7.11 Å². The first-order valence-electron chi connectivity index (χ1n) is 8.04. The van der Waals surface area contributed by atoms with E-state index >= 15 is 0 Å². The third kappa shape index (κ3) is 3.91. The Bertz CT molecular complexity index is 787. The Labute approximate surface area is 146 Å². The van der Waals surface area contributed by atoms with Gasteiger partial charge in [0.15, 0.2) is 6.61 Å². The molecule has 0 aliphatic carbocycles. The highest BCUT2D eigenvalue weighted by Crippen LogP contribution is 2.30. The number of anilines is 2. The number of methoxy groups -OCH3 is 1. The molecule has 0 bridgehead atoms. The van der Waals surface area contributed by atoms with Gasteiger partial charge in [-0.05, 0) is 54.4 Å². The Morgan fingerprint density at radius 3 is 2.52 bits per heavy atom. The van der Waals surface area contributed by atoms with Gasteiger partial charge < -0.3 is 19.7 Å². The lowest BCUT2D eigenvalue weighted by molar-refractivity contribution is -0.118. The zero-order chi connectivity index (χ0) is 17.8. The van der Waals surface area contributed by atoms with Gasteiger partial charge in [-0.2, -0.15) is 0 Å². The summed E-state index contributed by atoms with van der Waals surface area (Å²) in [6.45, 7) is 2.16. The van der Waals surface area contributed by atoms with Crippen LogP contribution in [-0.4, -0.2) is 32.1 Å². The van der Waals surface area contributed by atoms with Crippen molar-refractivity contribution < 1.29 is 19.1 Å². The molecule has 1 aliphatic heterocycles. The van der Waals surface area contributed by atoms with Crippen LogP contribution in [0.25, 0.3) is 0 Å². The Hall–Kier alpha value is -3.02. The number of benzene rings is 2. The number of ether oxygens (including phenoxy) is 2. The number of rotatable bonds is 5. The molecule has 0 atom stereocenters. The Kier molecular flexibility index (Phi) is 4.88. The molecular formula is C19H20N2O4. The summed E-state index contributed by atoms with van der Waals surface area (Å²) in [5.74, 6) is 1.12. The zero-order valence-electron chi connectivity index (χ0n) is 14.2. The number of nitrogens with one attached hydrogen (secondary N) is 1. The predicted molar refractivity (Wildman–Crippen MR) is 95.3 cm³/mol. The van der Waals surface area contributed by atoms with E-state index in [-0.39, 0.29) is 18.4 Å². The maximum absolute atomic E-state index is 12.1. The average molecular weight is 340 g/mol. The molecule has 0 fully saturated rings. The van der Waals surface area contributed by atoms with Crippen LogP contribution < -0.4 is 19.7 Å². The fraction of sp³-hybridized carbons (Fsp3) is 0.263. The summed E-state index contributed by atoms with van der Waals surface area (Å²) in [6, 6.07) is 12.6. The molecule has 6 nitrogen and oxygen atoms in total. The molecule has 0 aromatic heterocycles. The molecule has 2 aromatic carbocycles. The van der Waals surface area contributed by atoms with Crippen LogP contribution in [0.1, 0.15) is 12.5 Å². The molecular weight excluding hydrogens is 320 g/mol. The number of fused-ring (bicyclic) bond motifs is 1. The highest BCUT2D eigenvalue weighted by molar-refractivity contribution is 5.95. The predicted octanol–water partition coefficient (Wildman–Crippen LogP) is 2.62. The van der Waals surface area contributed by atoms with Gasteiger partial charge in [-0.15, -0.1) is 0 Å². The number of nitrogens with zero attached hydrogens (tertiary/aromatic N) is 1. The van der Waals surface area contributed by atoms with Gasteiger partial charge in [0.2, 0.25) is 5.91 Å². The lowest BCUT2D eigenvalue weighted by Gasteiger charge is -2.15. The van der Waals surface area contributed by atoms with E-state index in [1.165, 1.54) is 0 Å². The monoisotopic (exact) mass is 340 g/mol.